The molecule has 0 spiro atoms. The number of aliphatic carboxylic acids is 1. The van der Waals surface area contributed by atoms with Crippen LogP contribution in [0.1, 0.15) is 12.8 Å². The van der Waals surface area contributed by atoms with E-state index in [-0.39, 0.29) is 30.2 Å². The van der Waals surface area contributed by atoms with Gasteiger partial charge in [0.1, 0.15) is 11.5 Å². The SMILES string of the molecule is COc1ccc(N2CC(C(=O)N(C)C3CCNC3)CC2=O)c(OC)c1.O=C(O)C(F)(F)F. The molecule has 2 heterocycles. The van der Waals surface area contributed by atoms with Gasteiger partial charge >= 0.3 is 12.1 Å². The Morgan fingerprint density at radius 2 is 1.91 bits per heavy atom. The Labute approximate surface area is 183 Å². The molecule has 2 fully saturated rings. The van der Waals surface area contributed by atoms with E-state index in [0.29, 0.717) is 23.7 Å². The highest BCUT2D eigenvalue weighted by Crippen LogP contribution is 2.36. The van der Waals surface area contributed by atoms with Crippen LogP contribution in [0.15, 0.2) is 18.2 Å². The molecule has 0 aromatic heterocycles. The molecule has 2 amide bonds. The molecule has 178 valence electrons. The summed E-state index contributed by atoms with van der Waals surface area (Å²) in [5.74, 6) is -1.86. The van der Waals surface area contributed by atoms with Crippen molar-refractivity contribution in [3.63, 3.8) is 0 Å². The average Bonchev–Trinajstić information content (AvgIpc) is 3.42. The summed E-state index contributed by atoms with van der Waals surface area (Å²) in [6, 6.07) is 5.55. The molecular weight excluding hydrogens is 435 g/mol. The lowest BCUT2D eigenvalue weighted by Gasteiger charge is -2.26. The monoisotopic (exact) mass is 461 g/mol. The third-order valence-electron chi connectivity index (χ3n) is 5.32. The molecule has 0 saturated carbocycles. The van der Waals surface area contributed by atoms with Gasteiger partial charge in [0.15, 0.2) is 0 Å². The quantitative estimate of drug-likeness (QED) is 0.684. The fraction of sp³-hybridized carbons (Fsp3) is 0.550. The number of nitrogens with one attached hydrogen (secondary N) is 1. The van der Waals surface area contributed by atoms with E-state index in [1.807, 2.05) is 7.05 Å². The van der Waals surface area contributed by atoms with E-state index in [0.717, 1.165) is 19.5 Å². The van der Waals surface area contributed by atoms with Gasteiger partial charge in [-0.25, -0.2) is 4.79 Å². The third-order valence-corrected chi connectivity index (χ3v) is 5.32. The Morgan fingerprint density at radius 1 is 1.25 bits per heavy atom. The summed E-state index contributed by atoms with van der Waals surface area (Å²) in [6.07, 6.45) is -3.89. The fourth-order valence-electron chi connectivity index (χ4n) is 3.55. The van der Waals surface area contributed by atoms with Crippen LogP contribution in [0.2, 0.25) is 0 Å². The molecule has 2 N–H and O–H groups in total. The van der Waals surface area contributed by atoms with Gasteiger partial charge in [0, 0.05) is 38.7 Å². The topological polar surface area (TPSA) is 108 Å². The highest BCUT2D eigenvalue weighted by atomic mass is 19.4. The molecule has 3 rings (SSSR count). The maximum atomic E-state index is 12.8. The molecule has 0 aliphatic carbocycles. The second-order valence-corrected chi connectivity index (χ2v) is 7.34. The van der Waals surface area contributed by atoms with Crippen molar-refractivity contribution in [2.45, 2.75) is 25.1 Å². The molecule has 2 unspecified atom stereocenters. The molecule has 9 nitrogen and oxygen atoms in total. The van der Waals surface area contributed by atoms with Crippen molar-refractivity contribution >= 4 is 23.5 Å². The van der Waals surface area contributed by atoms with Crippen LogP contribution in [0.5, 0.6) is 11.5 Å². The summed E-state index contributed by atoms with van der Waals surface area (Å²) in [7, 11) is 4.97. The van der Waals surface area contributed by atoms with Crippen LogP contribution in [0.4, 0.5) is 18.9 Å². The summed E-state index contributed by atoms with van der Waals surface area (Å²) in [5, 5.41) is 10.4. The molecule has 1 aromatic carbocycles. The number of nitrogens with zero attached hydrogens (tertiary/aromatic N) is 2. The number of hydrogen-bond donors (Lipinski definition) is 2. The number of alkyl halides is 3. The average molecular weight is 461 g/mol. The number of anilines is 1. The zero-order chi connectivity index (χ0) is 24.1. The van der Waals surface area contributed by atoms with Gasteiger partial charge in [0.2, 0.25) is 11.8 Å². The van der Waals surface area contributed by atoms with E-state index < -0.39 is 12.1 Å². The van der Waals surface area contributed by atoms with Gasteiger partial charge < -0.3 is 29.7 Å². The summed E-state index contributed by atoms with van der Waals surface area (Å²) >= 11 is 0. The Balaban J connectivity index is 0.000000451. The van der Waals surface area contributed by atoms with Gasteiger partial charge in [-0.15, -0.1) is 0 Å². The van der Waals surface area contributed by atoms with Crippen molar-refractivity contribution in [1.29, 1.82) is 0 Å². The van der Waals surface area contributed by atoms with Crippen LogP contribution in [0.25, 0.3) is 0 Å². The third kappa shape index (κ3) is 6.02. The van der Waals surface area contributed by atoms with Crippen LogP contribution in [0.3, 0.4) is 0 Å². The summed E-state index contributed by atoms with van der Waals surface area (Å²) < 4.78 is 42.3. The Kier molecular flexibility index (Phi) is 8.31. The lowest BCUT2D eigenvalue weighted by Crippen LogP contribution is -2.42. The molecule has 32 heavy (non-hydrogen) atoms. The fourth-order valence-corrected chi connectivity index (χ4v) is 3.55. The number of hydrogen-bond acceptors (Lipinski definition) is 6. The zero-order valence-electron chi connectivity index (χ0n) is 17.9. The normalized spacial score (nSPS) is 20.4. The largest absolute Gasteiger partial charge is 0.497 e. The van der Waals surface area contributed by atoms with Gasteiger partial charge in [0.05, 0.1) is 25.8 Å². The Hall–Kier alpha value is -3.02. The molecule has 1 aromatic rings. The lowest BCUT2D eigenvalue weighted by atomic mass is 10.1. The first kappa shape index (κ1) is 25.2. The summed E-state index contributed by atoms with van der Waals surface area (Å²) in [6.45, 7) is 2.13. The number of methoxy groups -OCH3 is 2. The molecule has 2 aliphatic heterocycles. The molecule has 0 radical (unpaired) electrons. The van der Waals surface area contributed by atoms with Gasteiger partial charge in [-0.1, -0.05) is 0 Å². The van der Waals surface area contributed by atoms with E-state index in [2.05, 4.69) is 5.32 Å². The first-order valence-corrected chi connectivity index (χ1v) is 9.79. The number of carbonyl (C=O) groups excluding carboxylic acids is 2. The van der Waals surface area contributed by atoms with Crippen molar-refractivity contribution < 1.29 is 42.1 Å². The molecular formula is C20H26F3N3O6. The first-order chi connectivity index (χ1) is 15.0. The van der Waals surface area contributed by atoms with Gasteiger partial charge in [0.25, 0.3) is 0 Å². The number of benzene rings is 1. The van der Waals surface area contributed by atoms with Crippen LogP contribution < -0.4 is 19.7 Å². The van der Waals surface area contributed by atoms with Gasteiger partial charge in [-0.2, -0.15) is 13.2 Å². The highest BCUT2D eigenvalue weighted by Gasteiger charge is 2.39. The molecule has 2 atom stereocenters. The van der Waals surface area contributed by atoms with E-state index >= 15 is 0 Å². The molecule has 2 aliphatic rings. The Morgan fingerprint density at radius 3 is 2.41 bits per heavy atom. The van der Waals surface area contributed by atoms with Crippen molar-refractivity contribution in [2.75, 3.05) is 45.8 Å². The smallest absolute Gasteiger partial charge is 0.490 e. The molecule has 12 heteroatoms. The van der Waals surface area contributed by atoms with Gasteiger partial charge in [-0.3, -0.25) is 9.59 Å². The standard InChI is InChI=1S/C18H25N3O4.C2HF3O2/c1-20(13-6-7-19-10-13)18(23)12-8-17(22)21(11-12)15-5-4-14(24-2)9-16(15)25-3;3-2(4,5)1(6)7/h4-5,9,12-13,19H,6-8,10-11H2,1-3H3;(H,6,7). The predicted octanol–water partition coefficient (Wildman–Crippen LogP) is 1.51. The second kappa shape index (κ2) is 10.5. The Bertz CT molecular complexity index is 842. The van der Waals surface area contributed by atoms with E-state index in [4.69, 9.17) is 19.4 Å². The molecule has 0 bridgehead atoms. The number of halogens is 3. The maximum absolute atomic E-state index is 12.8. The summed E-state index contributed by atoms with van der Waals surface area (Å²) in [4.78, 5) is 37.6. The predicted molar refractivity (Wildman–Crippen MR) is 108 cm³/mol. The first-order valence-electron chi connectivity index (χ1n) is 9.79. The number of ether oxygens (including phenoxy) is 2. The van der Waals surface area contributed by atoms with Crippen molar-refractivity contribution in [3.8, 4) is 11.5 Å². The van der Waals surface area contributed by atoms with Gasteiger partial charge in [-0.05, 0) is 25.1 Å². The van der Waals surface area contributed by atoms with Crippen LogP contribution in [0, 0.1) is 5.92 Å². The number of likely N-dealkylation sites (N-methyl/N-ethyl adjacent to an activating group) is 1. The van der Waals surface area contributed by atoms with Crippen LogP contribution in [-0.2, 0) is 14.4 Å². The number of amides is 2. The van der Waals surface area contributed by atoms with Crippen LogP contribution >= 0.6 is 0 Å². The number of rotatable bonds is 5. The second-order valence-electron chi connectivity index (χ2n) is 7.34. The van der Waals surface area contributed by atoms with Crippen molar-refractivity contribution in [3.05, 3.63) is 18.2 Å². The van der Waals surface area contributed by atoms with E-state index in [9.17, 15) is 22.8 Å². The van der Waals surface area contributed by atoms with Crippen molar-refractivity contribution in [1.82, 2.24) is 10.2 Å². The number of carbonyl (C=O) groups is 3. The summed E-state index contributed by atoms with van der Waals surface area (Å²) in [5.41, 5.74) is 0.675. The highest BCUT2D eigenvalue weighted by molar-refractivity contribution is 6.01. The van der Waals surface area contributed by atoms with E-state index in [1.165, 1.54) is 0 Å². The van der Waals surface area contributed by atoms with Crippen molar-refractivity contribution in [2.24, 2.45) is 5.92 Å². The lowest BCUT2D eigenvalue weighted by molar-refractivity contribution is -0.192. The molecule has 2 saturated heterocycles. The zero-order valence-corrected chi connectivity index (χ0v) is 17.9. The minimum atomic E-state index is -5.08. The van der Waals surface area contributed by atoms with E-state index in [1.54, 1.807) is 42.2 Å². The van der Waals surface area contributed by atoms with Crippen LogP contribution in [-0.4, -0.2) is 80.9 Å². The number of carboxylic acid groups (broad SMARTS) is 1. The minimum absolute atomic E-state index is 0.0389. The number of carboxylic acids is 1. The minimum Gasteiger partial charge on any atom is -0.497 e. The maximum Gasteiger partial charge on any atom is 0.490 e.